The number of carbonyl (C=O) groups excluding carboxylic acids is 3. The minimum Gasteiger partial charge on any atom is -0.465 e. The van der Waals surface area contributed by atoms with Gasteiger partial charge in [-0.3, -0.25) is 14.4 Å². The molecule has 1 N–H and O–H groups in total. The number of carbonyl (C=O) groups is 3. The molecule has 3 saturated heterocycles. The minimum atomic E-state index is -0.770. The molecule has 190 valence electrons. The van der Waals surface area contributed by atoms with E-state index in [1.165, 1.54) is 0 Å². The molecule has 3 unspecified atom stereocenters. The Morgan fingerprint density at radius 3 is 2.53 bits per heavy atom. The van der Waals surface area contributed by atoms with Crippen molar-refractivity contribution in [1.82, 2.24) is 9.80 Å². The van der Waals surface area contributed by atoms with Gasteiger partial charge in [-0.05, 0) is 32.6 Å². The molecule has 0 aromatic carbocycles. The number of fused-ring (bicyclic) bond motifs is 1. The van der Waals surface area contributed by atoms with Crippen molar-refractivity contribution in [2.75, 3.05) is 19.8 Å². The minimum absolute atomic E-state index is 0.0210. The van der Waals surface area contributed by atoms with Crippen molar-refractivity contribution in [3.8, 4) is 0 Å². The molecular formula is C25H37BrN2O5S. The summed E-state index contributed by atoms with van der Waals surface area (Å²) in [4.78, 5) is 44.7. The third kappa shape index (κ3) is 4.37. The molecule has 0 aromatic rings. The maximum atomic E-state index is 14.1. The first kappa shape index (κ1) is 27.3. The lowest BCUT2D eigenvalue weighted by Crippen LogP contribution is -2.59. The Bertz CT molecular complexity index is 836. The number of thioether (sulfide) groups is 1. The number of likely N-dealkylation sites (tertiary alicyclic amines) is 1. The predicted molar refractivity (Wildman–Crippen MR) is 138 cm³/mol. The Hall–Kier alpha value is -1.32. The summed E-state index contributed by atoms with van der Waals surface area (Å²) in [5.74, 6) is -2.14. The van der Waals surface area contributed by atoms with Crippen molar-refractivity contribution in [1.29, 1.82) is 0 Å². The van der Waals surface area contributed by atoms with Crippen molar-refractivity contribution >= 4 is 45.5 Å². The molecule has 0 aromatic heterocycles. The second-order valence-corrected chi connectivity index (χ2v) is 12.7. The summed E-state index contributed by atoms with van der Waals surface area (Å²) in [6, 6.07) is -1.38. The number of alkyl halides is 1. The van der Waals surface area contributed by atoms with Gasteiger partial charge in [0.05, 0.1) is 35.8 Å². The van der Waals surface area contributed by atoms with Gasteiger partial charge in [0, 0.05) is 22.7 Å². The Kier molecular flexibility index (Phi) is 8.62. The summed E-state index contributed by atoms with van der Waals surface area (Å²) < 4.78 is 4.78. The molecule has 0 saturated carbocycles. The average Bonchev–Trinajstić information content (AvgIpc) is 3.36. The predicted octanol–water partition coefficient (Wildman–Crippen LogP) is 3.01. The Balaban J connectivity index is 2.10. The van der Waals surface area contributed by atoms with Crippen LogP contribution in [0.4, 0.5) is 0 Å². The van der Waals surface area contributed by atoms with Gasteiger partial charge in [0.2, 0.25) is 11.8 Å². The number of nitrogens with zero attached hydrogens (tertiary/aromatic N) is 2. The van der Waals surface area contributed by atoms with Crippen molar-refractivity contribution in [2.24, 2.45) is 17.8 Å². The molecule has 0 radical (unpaired) electrons. The zero-order valence-corrected chi connectivity index (χ0v) is 22.9. The maximum absolute atomic E-state index is 14.1. The molecule has 3 aliphatic rings. The number of rotatable bonds is 11. The smallest absolute Gasteiger partial charge is 0.310 e. The van der Waals surface area contributed by atoms with Gasteiger partial charge >= 0.3 is 5.97 Å². The molecule has 7 nitrogen and oxygen atoms in total. The van der Waals surface area contributed by atoms with Crippen LogP contribution in [0.15, 0.2) is 25.3 Å². The van der Waals surface area contributed by atoms with E-state index in [1.807, 2.05) is 27.7 Å². The van der Waals surface area contributed by atoms with Crippen LogP contribution in [0, 0.1) is 17.8 Å². The van der Waals surface area contributed by atoms with E-state index >= 15 is 0 Å². The van der Waals surface area contributed by atoms with Crippen LogP contribution in [-0.4, -0.2) is 85.4 Å². The topological polar surface area (TPSA) is 87.2 Å². The monoisotopic (exact) mass is 556 g/mol. The Labute approximate surface area is 215 Å². The molecule has 7 atom stereocenters. The van der Waals surface area contributed by atoms with E-state index in [9.17, 15) is 19.5 Å². The van der Waals surface area contributed by atoms with Crippen molar-refractivity contribution < 1.29 is 24.2 Å². The van der Waals surface area contributed by atoms with E-state index in [-0.39, 0.29) is 47.1 Å². The molecule has 2 amide bonds. The molecule has 1 spiro atoms. The lowest BCUT2D eigenvalue weighted by atomic mass is 9.71. The number of ether oxygens (including phenoxy) is 1. The van der Waals surface area contributed by atoms with Gasteiger partial charge in [0.1, 0.15) is 6.04 Å². The van der Waals surface area contributed by atoms with Gasteiger partial charge < -0.3 is 19.6 Å². The molecule has 9 heteroatoms. The highest BCUT2D eigenvalue weighted by Crippen LogP contribution is 2.68. The average molecular weight is 558 g/mol. The van der Waals surface area contributed by atoms with E-state index in [1.54, 1.807) is 33.7 Å². The third-order valence-electron chi connectivity index (χ3n) is 7.35. The van der Waals surface area contributed by atoms with E-state index in [2.05, 4.69) is 29.1 Å². The summed E-state index contributed by atoms with van der Waals surface area (Å²) in [5, 5.41) is 10.1. The second-order valence-electron chi connectivity index (χ2n) is 10.0. The summed E-state index contributed by atoms with van der Waals surface area (Å²) in [6.07, 6.45) is 4.50. The fourth-order valence-corrected chi connectivity index (χ4v) is 9.37. The lowest BCUT2D eigenvalue weighted by molar-refractivity contribution is -0.154. The maximum Gasteiger partial charge on any atom is 0.310 e. The number of amides is 2. The number of hydrogen-bond acceptors (Lipinski definition) is 6. The third-order valence-corrected chi connectivity index (χ3v) is 10.6. The van der Waals surface area contributed by atoms with Crippen LogP contribution in [0.3, 0.4) is 0 Å². The highest BCUT2D eigenvalue weighted by molar-refractivity contribution is 9.09. The van der Waals surface area contributed by atoms with Crippen molar-refractivity contribution in [2.45, 2.75) is 73.5 Å². The van der Waals surface area contributed by atoms with Crippen LogP contribution < -0.4 is 0 Å². The van der Waals surface area contributed by atoms with Crippen LogP contribution in [0.1, 0.15) is 40.5 Å². The number of hydrogen-bond donors (Lipinski definition) is 1. The van der Waals surface area contributed by atoms with Gasteiger partial charge in [0.15, 0.2) is 0 Å². The van der Waals surface area contributed by atoms with E-state index in [0.717, 1.165) is 0 Å². The fraction of sp³-hybridized carbons (Fsp3) is 0.720. The molecule has 3 aliphatic heterocycles. The zero-order chi connectivity index (χ0) is 25.4. The molecule has 0 aliphatic carbocycles. The summed E-state index contributed by atoms with van der Waals surface area (Å²) in [7, 11) is 0. The number of aliphatic hydroxyl groups excluding tert-OH is 1. The van der Waals surface area contributed by atoms with E-state index in [4.69, 9.17) is 4.74 Å². The Morgan fingerprint density at radius 1 is 1.32 bits per heavy atom. The van der Waals surface area contributed by atoms with E-state index in [0.29, 0.717) is 19.4 Å². The number of esters is 1. The first-order valence-electron chi connectivity index (χ1n) is 12.0. The van der Waals surface area contributed by atoms with Gasteiger partial charge in [-0.2, -0.15) is 0 Å². The summed E-state index contributed by atoms with van der Waals surface area (Å²) in [6.45, 7) is 15.5. The van der Waals surface area contributed by atoms with E-state index < -0.39 is 34.6 Å². The number of halogens is 1. The lowest BCUT2D eigenvalue weighted by Gasteiger charge is -2.41. The number of aliphatic hydroxyl groups is 1. The van der Waals surface area contributed by atoms with Crippen molar-refractivity contribution in [3.05, 3.63) is 25.3 Å². The molecule has 3 fully saturated rings. The zero-order valence-electron chi connectivity index (χ0n) is 20.5. The van der Waals surface area contributed by atoms with Gasteiger partial charge in [-0.25, -0.2) is 0 Å². The largest absolute Gasteiger partial charge is 0.465 e. The highest BCUT2D eigenvalue weighted by atomic mass is 79.9. The summed E-state index contributed by atoms with van der Waals surface area (Å²) >= 11 is 5.33. The van der Waals surface area contributed by atoms with Crippen LogP contribution in [-0.2, 0) is 19.1 Å². The second kappa shape index (κ2) is 10.7. The molecular weight excluding hydrogens is 520 g/mol. The van der Waals surface area contributed by atoms with Crippen LogP contribution >= 0.6 is 27.7 Å². The first-order valence-corrected chi connectivity index (χ1v) is 13.8. The standard InChI is InChI=1S/C25H37BrN2O5S/c1-7-9-11-33-24(32)18-19-22(30)28(17(13-29)14(3)4)21(23(31)27(10-8-2)15(5)6)25(19)12-16(26)20(18)34-25/h7-8,14-21,29H,1-2,9-13H2,3-6H3/t16?,17-,18+,19-,20+,21?,25?/m0/s1. The van der Waals surface area contributed by atoms with Gasteiger partial charge in [-0.15, -0.1) is 24.9 Å². The Morgan fingerprint density at radius 2 is 2.00 bits per heavy atom. The van der Waals surface area contributed by atoms with Crippen LogP contribution in [0.25, 0.3) is 0 Å². The molecule has 3 heterocycles. The normalized spacial score (nSPS) is 32.8. The van der Waals surface area contributed by atoms with Crippen LogP contribution in [0.2, 0.25) is 0 Å². The molecule has 2 bridgehead atoms. The first-order chi connectivity index (χ1) is 16.1. The van der Waals surface area contributed by atoms with Crippen LogP contribution in [0.5, 0.6) is 0 Å². The summed E-state index contributed by atoms with van der Waals surface area (Å²) in [5.41, 5.74) is 0. The molecule has 34 heavy (non-hydrogen) atoms. The van der Waals surface area contributed by atoms with Gasteiger partial charge in [0.25, 0.3) is 0 Å². The molecule has 3 rings (SSSR count). The van der Waals surface area contributed by atoms with Gasteiger partial charge in [-0.1, -0.05) is 41.9 Å². The van der Waals surface area contributed by atoms with Crippen molar-refractivity contribution in [3.63, 3.8) is 0 Å². The quantitative estimate of drug-likeness (QED) is 0.182. The SMILES string of the molecule is C=CCCOC(=O)[C@H]1[C@@H]2SC3(CC2Br)C(C(=O)N(CC=C)C(C)C)N([C@@H](CO)C(C)C)C(=O)[C@H]13. The fourth-order valence-electron chi connectivity index (χ4n) is 5.78. The highest BCUT2D eigenvalue weighted by Gasteiger charge is 2.76.